The third kappa shape index (κ3) is 4.79. The van der Waals surface area contributed by atoms with E-state index in [0.29, 0.717) is 18.7 Å². The minimum atomic E-state index is -0.995. The van der Waals surface area contributed by atoms with Gasteiger partial charge < -0.3 is 10.0 Å². The normalized spacial score (nSPS) is 19.2. The fourth-order valence-electron chi connectivity index (χ4n) is 3.56. The van der Waals surface area contributed by atoms with E-state index < -0.39 is 24.0 Å². The smallest absolute Gasteiger partial charge is 0.344 e. The van der Waals surface area contributed by atoms with Crippen molar-refractivity contribution in [1.82, 2.24) is 19.9 Å². The number of urea groups is 1. The number of aliphatic imine (C=N–C) groups is 1. The molecule has 0 saturated carbocycles. The van der Waals surface area contributed by atoms with Crippen molar-refractivity contribution in [3.63, 3.8) is 0 Å². The number of carboxylic acids is 1. The minimum absolute atomic E-state index is 0.320. The van der Waals surface area contributed by atoms with E-state index in [-0.39, 0.29) is 0 Å². The number of aliphatic carboxylic acids is 1. The van der Waals surface area contributed by atoms with E-state index in [0.717, 1.165) is 29.1 Å². The molecule has 0 aromatic carbocycles. The van der Waals surface area contributed by atoms with Crippen LogP contribution in [0.15, 0.2) is 46.9 Å². The number of unbranched alkanes of at least 4 members (excludes halogenated alkanes) is 1. The molecule has 9 heteroatoms. The molecule has 0 bridgehead atoms. The summed E-state index contributed by atoms with van der Waals surface area (Å²) < 4.78 is 0. The average molecular weight is 414 g/mol. The van der Waals surface area contributed by atoms with Crippen LogP contribution in [-0.4, -0.2) is 55.5 Å². The summed E-state index contributed by atoms with van der Waals surface area (Å²) in [6, 6.07) is 4.45. The highest BCUT2D eigenvalue weighted by molar-refractivity contribution is 7.98. The summed E-state index contributed by atoms with van der Waals surface area (Å²) in [5.74, 6) is -1.89. The molecular formula is C20H23N5O3S. The summed E-state index contributed by atoms with van der Waals surface area (Å²) in [6.07, 6.45) is 9.07. The summed E-state index contributed by atoms with van der Waals surface area (Å²) in [5.41, 5.74) is 2.00. The molecule has 0 radical (unpaired) electrons. The topological polar surface area (TPSA) is 109 Å². The Morgan fingerprint density at radius 3 is 2.76 bits per heavy atom. The number of hydrogen-bond acceptors (Lipinski definition) is 6. The molecule has 3 rings (SSSR count). The predicted molar refractivity (Wildman–Crippen MR) is 110 cm³/mol. The number of pyridine rings is 1. The van der Waals surface area contributed by atoms with E-state index >= 15 is 0 Å². The van der Waals surface area contributed by atoms with E-state index in [1.54, 1.807) is 30.3 Å². The number of amides is 2. The Morgan fingerprint density at radius 2 is 2.07 bits per heavy atom. The fourth-order valence-corrected chi connectivity index (χ4v) is 4.15. The molecule has 0 saturated heterocycles. The van der Waals surface area contributed by atoms with Crippen molar-refractivity contribution in [2.45, 2.75) is 37.3 Å². The van der Waals surface area contributed by atoms with Gasteiger partial charge in [0.05, 0.1) is 6.04 Å². The van der Waals surface area contributed by atoms with Crippen LogP contribution < -0.4 is 0 Å². The van der Waals surface area contributed by atoms with E-state index in [1.807, 2.05) is 18.4 Å². The maximum Gasteiger partial charge on any atom is 0.344 e. The summed E-state index contributed by atoms with van der Waals surface area (Å²) in [6.45, 7) is 2.02. The number of thioether (sulfide) groups is 1. The second-order valence-corrected chi connectivity index (χ2v) is 7.54. The van der Waals surface area contributed by atoms with E-state index in [2.05, 4.69) is 19.9 Å². The number of aryl methyl sites for hydroxylation is 1. The molecule has 152 valence electrons. The molecule has 1 N–H and O–H groups in total. The van der Waals surface area contributed by atoms with Crippen molar-refractivity contribution in [2.75, 3.05) is 12.8 Å². The van der Waals surface area contributed by atoms with E-state index in [4.69, 9.17) is 0 Å². The van der Waals surface area contributed by atoms with Crippen LogP contribution in [0.1, 0.15) is 37.1 Å². The molecule has 29 heavy (non-hydrogen) atoms. The van der Waals surface area contributed by atoms with Gasteiger partial charge in [0.25, 0.3) is 0 Å². The van der Waals surface area contributed by atoms with Gasteiger partial charge in [0.1, 0.15) is 17.3 Å². The highest BCUT2D eigenvalue weighted by Crippen LogP contribution is 2.37. The second kappa shape index (κ2) is 9.60. The van der Waals surface area contributed by atoms with Crippen LogP contribution >= 0.6 is 11.8 Å². The first kappa shape index (κ1) is 20.9. The van der Waals surface area contributed by atoms with Gasteiger partial charge in [-0.25, -0.2) is 24.7 Å². The number of nitrogens with zero attached hydrogens (tertiary/aromatic N) is 5. The first-order valence-corrected chi connectivity index (χ1v) is 10.6. The number of aromatic nitrogens is 3. The quantitative estimate of drug-likeness (QED) is 0.522. The van der Waals surface area contributed by atoms with Gasteiger partial charge in [-0.2, -0.15) is 0 Å². The molecule has 2 aromatic heterocycles. The number of carbonyl (C=O) groups excluding carboxylic acids is 1. The van der Waals surface area contributed by atoms with Crippen molar-refractivity contribution in [3.05, 3.63) is 48.2 Å². The lowest BCUT2D eigenvalue weighted by Crippen LogP contribution is -2.47. The highest BCUT2D eigenvalue weighted by Gasteiger charge is 2.43. The number of hydrogen-bond donors (Lipinski definition) is 1. The van der Waals surface area contributed by atoms with Crippen molar-refractivity contribution < 1.29 is 14.7 Å². The Balaban J connectivity index is 1.83. The minimum Gasteiger partial charge on any atom is -0.481 e. The predicted octanol–water partition coefficient (Wildman–Crippen LogP) is 3.25. The van der Waals surface area contributed by atoms with Crippen molar-refractivity contribution in [2.24, 2.45) is 10.9 Å². The molecule has 0 spiro atoms. The van der Waals surface area contributed by atoms with Gasteiger partial charge in [-0.05, 0) is 44.6 Å². The Labute approximate surface area is 173 Å². The fraction of sp³-hybridized carbons (Fsp3) is 0.400. The third-order valence-electron chi connectivity index (χ3n) is 4.92. The number of carboxylic acid groups (broad SMARTS) is 1. The van der Waals surface area contributed by atoms with Gasteiger partial charge in [0.15, 0.2) is 0 Å². The lowest BCUT2D eigenvalue weighted by Gasteiger charge is -2.38. The second-order valence-electron chi connectivity index (χ2n) is 6.75. The summed E-state index contributed by atoms with van der Waals surface area (Å²) in [4.78, 5) is 42.8. The molecule has 2 amide bonds. The maximum absolute atomic E-state index is 12.7. The summed E-state index contributed by atoms with van der Waals surface area (Å²) in [5, 5.41) is 10.6. The third-order valence-corrected chi connectivity index (χ3v) is 5.65. The number of carbonyl (C=O) groups is 2. The Bertz CT molecular complexity index is 906. The molecule has 2 aromatic rings. The average Bonchev–Trinajstić information content (AvgIpc) is 2.72. The van der Waals surface area contributed by atoms with E-state index in [1.165, 1.54) is 18.1 Å². The van der Waals surface area contributed by atoms with Crippen LogP contribution in [0.5, 0.6) is 0 Å². The van der Waals surface area contributed by atoms with Crippen LogP contribution in [-0.2, 0) is 11.2 Å². The first-order chi connectivity index (χ1) is 14.0. The first-order valence-electron chi connectivity index (χ1n) is 9.35. The maximum atomic E-state index is 12.7. The molecule has 8 nitrogen and oxygen atoms in total. The standard InChI is InChI=1S/C20H23N5O3S/c1-13-16(19(26)27)17(15-7-5-9-22-18(15)29-2)25(20(28)24-13)11-4-3-6-14-8-10-21-12-23-14/h5,7-10,12,16-17H,3-4,6,11H2,1-2H3,(H,26,27). The van der Waals surface area contributed by atoms with Gasteiger partial charge in [-0.3, -0.25) is 4.79 Å². The van der Waals surface area contributed by atoms with Gasteiger partial charge in [0, 0.05) is 35.9 Å². The van der Waals surface area contributed by atoms with Crippen LogP contribution in [0, 0.1) is 5.92 Å². The molecule has 3 heterocycles. The Kier molecular flexibility index (Phi) is 6.92. The molecular weight excluding hydrogens is 390 g/mol. The van der Waals surface area contributed by atoms with Crippen LogP contribution in [0.2, 0.25) is 0 Å². The lowest BCUT2D eigenvalue weighted by molar-refractivity contribution is -0.141. The van der Waals surface area contributed by atoms with Crippen LogP contribution in [0.3, 0.4) is 0 Å². The lowest BCUT2D eigenvalue weighted by atomic mass is 9.87. The Morgan fingerprint density at radius 1 is 1.24 bits per heavy atom. The largest absolute Gasteiger partial charge is 0.481 e. The molecule has 0 fully saturated rings. The molecule has 0 aliphatic carbocycles. The van der Waals surface area contributed by atoms with Gasteiger partial charge in [0.2, 0.25) is 0 Å². The SMILES string of the molecule is CSc1ncccc1C1C(C(=O)O)C(C)=NC(=O)N1CCCCc1ccncn1. The summed E-state index contributed by atoms with van der Waals surface area (Å²) >= 11 is 1.44. The zero-order valence-electron chi connectivity index (χ0n) is 16.4. The van der Waals surface area contributed by atoms with Crippen molar-refractivity contribution >= 4 is 29.5 Å². The molecule has 2 unspecified atom stereocenters. The van der Waals surface area contributed by atoms with Crippen LogP contribution in [0.25, 0.3) is 0 Å². The van der Waals surface area contributed by atoms with E-state index in [9.17, 15) is 14.7 Å². The highest BCUT2D eigenvalue weighted by atomic mass is 32.2. The van der Waals surface area contributed by atoms with Gasteiger partial charge in [-0.1, -0.05) is 6.07 Å². The molecule has 1 aliphatic rings. The molecule has 1 aliphatic heterocycles. The van der Waals surface area contributed by atoms with Crippen LogP contribution in [0.4, 0.5) is 4.79 Å². The van der Waals surface area contributed by atoms with Gasteiger partial charge in [-0.15, -0.1) is 11.8 Å². The van der Waals surface area contributed by atoms with Gasteiger partial charge >= 0.3 is 12.0 Å². The zero-order valence-corrected chi connectivity index (χ0v) is 17.2. The van der Waals surface area contributed by atoms with Crippen molar-refractivity contribution in [1.29, 1.82) is 0 Å². The monoisotopic (exact) mass is 413 g/mol. The molecule has 2 atom stereocenters. The zero-order chi connectivity index (χ0) is 20.8. The van der Waals surface area contributed by atoms with Crippen molar-refractivity contribution in [3.8, 4) is 0 Å². The summed E-state index contributed by atoms with van der Waals surface area (Å²) in [7, 11) is 0. The Hall–Kier alpha value is -2.81. The number of rotatable bonds is 8.